The van der Waals surface area contributed by atoms with Crippen LogP contribution in [0, 0.1) is 17.7 Å². The third-order valence-electron chi connectivity index (χ3n) is 5.77. The number of ether oxygens (including phenoxy) is 2. The van der Waals surface area contributed by atoms with E-state index in [0.29, 0.717) is 30.3 Å². The summed E-state index contributed by atoms with van der Waals surface area (Å²) in [4.78, 5) is 23.5. The third-order valence-corrected chi connectivity index (χ3v) is 5.77. The highest BCUT2D eigenvalue weighted by Gasteiger charge is 2.27. The predicted octanol–water partition coefficient (Wildman–Crippen LogP) is 4.17. The maximum atomic E-state index is 14.3. The van der Waals surface area contributed by atoms with E-state index in [1.165, 1.54) is 25.8 Å². The number of Topliss-reactive ketones (excluding diaryl/α,β-unsaturated/α-hetero) is 1. The maximum absolute atomic E-state index is 14.3. The Balaban J connectivity index is 1.38. The number of hydrogen-bond acceptors (Lipinski definition) is 4. The molecule has 1 N–H and O–H groups in total. The summed E-state index contributed by atoms with van der Waals surface area (Å²) in [7, 11) is 0. The number of carbonyl (C=O) groups excluding carboxylic acids is 2. The van der Waals surface area contributed by atoms with E-state index in [1.807, 2.05) is 6.92 Å². The molecule has 0 radical (unpaired) electrons. The van der Waals surface area contributed by atoms with E-state index in [1.54, 1.807) is 12.1 Å². The number of amides is 1. The van der Waals surface area contributed by atoms with Crippen molar-refractivity contribution in [2.24, 2.45) is 11.8 Å². The van der Waals surface area contributed by atoms with Crippen molar-refractivity contribution in [3.8, 4) is 5.75 Å². The van der Waals surface area contributed by atoms with Gasteiger partial charge >= 0.3 is 0 Å². The van der Waals surface area contributed by atoms with Gasteiger partial charge in [-0.2, -0.15) is 0 Å². The van der Waals surface area contributed by atoms with Crippen molar-refractivity contribution in [3.05, 3.63) is 29.6 Å². The van der Waals surface area contributed by atoms with E-state index in [-0.39, 0.29) is 42.2 Å². The van der Waals surface area contributed by atoms with Crippen LogP contribution >= 0.6 is 0 Å². The van der Waals surface area contributed by atoms with Crippen molar-refractivity contribution in [2.75, 3.05) is 6.61 Å². The molecule has 2 aliphatic carbocycles. The average Bonchev–Trinajstić information content (AvgIpc) is 3.50. The molecule has 0 aromatic heterocycles. The van der Waals surface area contributed by atoms with Crippen LogP contribution in [0.15, 0.2) is 18.2 Å². The Morgan fingerprint density at radius 2 is 1.90 bits per heavy atom. The summed E-state index contributed by atoms with van der Waals surface area (Å²) in [6, 6.07) is 4.84. The van der Waals surface area contributed by atoms with E-state index >= 15 is 0 Å². The number of hydrogen-bond donors (Lipinski definition) is 1. The van der Waals surface area contributed by atoms with Crippen LogP contribution in [0.25, 0.3) is 0 Å². The lowest BCUT2D eigenvalue weighted by molar-refractivity contribution is -0.125. The first-order valence-electron chi connectivity index (χ1n) is 10.7. The van der Waals surface area contributed by atoms with Crippen molar-refractivity contribution in [1.82, 2.24) is 5.32 Å². The van der Waals surface area contributed by atoms with Gasteiger partial charge in [0.15, 0.2) is 0 Å². The van der Waals surface area contributed by atoms with Crippen LogP contribution < -0.4 is 10.1 Å². The number of halogens is 1. The molecule has 1 aromatic carbocycles. The Hall–Kier alpha value is -1.95. The largest absolute Gasteiger partial charge is 0.493 e. The van der Waals surface area contributed by atoms with Crippen molar-refractivity contribution >= 4 is 11.7 Å². The summed E-state index contributed by atoms with van der Waals surface area (Å²) < 4.78 is 25.8. The molecule has 5 nitrogen and oxygen atoms in total. The summed E-state index contributed by atoms with van der Waals surface area (Å²) in [5.41, 5.74) is 0.533. The van der Waals surface area contributed by atoms with Gasteiger partial charge in [-0.1, -0.05) is 6.07 Å². The lowest BCUT2D eigenvalue weighted by atomic mass is 9.83. The van der Waals surface area contributed by atoms with Crippen molar-refractivity contribution in [1.29, 1.82) is 0 Å². The van der Waals surface area contributed by atoms with Crippen LogP contribution in [0.4, 0.5) is 4.39 Å². The Bertz CT molecular complexity index is 711. The van der Waals surface area contributed by atoms with Gasteiger partial charge in [-0.15, -0.1) is 0 Å². The second-order valence-electron chi connectivity index (χ2n) is 8.56. The van der Waals surface area contributed by atoms with Gasteiger partial charge in [-0.3, -0.25) is 9.59 Å². The number of rotatable bonds is 10. The topological polar surface area (TPSA) is 64.6 Å². The van der Waals surface area contributed by atoms with Gasteiger partial charge in [0.05, 0.1) is 19.3 Å². The molecule has 2 aliphatic rings. The van der Waals surface area contributed by atoms with Crippen LogP contribution in [0.2, 0.25) is 0 Å². The molecular weight excluding hydrogens is 373 g/mol. The molecule has 1 unspecified atom stereocenters. The zero-order valence-corrected chi connectivity index (χ0v) is 17.4. The molecule has 3 rings (SSSR count). The number of ketones is 1. The molecule has 6 heteroatoms. The monoisotopic (exact) mass is 405 g/mol. The zero-order valence-electron chi connectivity index (χ0n) is 17.4. The normalized spacial score (nSPS) is 22.7. The van der Waals surface area contributed by atoms with Crippen LogP contribution in [0.5, 0.6) is 5.75 Å². The summed E-state index contributed by atoms with van der Waals surface area (Å²) in [5.74, 6) is 1.04. The predicted molar refractivity (Wildman–Crippen MR) is 108 cm³/mol. The van der Waals surface area contributed by atoms with E-state index in [9.17, 15) is 14.0 Å². The molecule has 0 spiro atoms. The number of carbonyl (C=O) groups is 2. The second kappa shape index (κ2) is 10.2. The first-order chi connectivity index (χ1) is 13.9. The van der Waals surface area contributed by atoms with Crippen molar-refractivity contribution in [3.63, 3.8) is 0 Å². The van der Waals surface area contributed by atoms with Gasteiger partial charge in [0.1, 0.15) is 17.3 Å². The first kappa shape index (κ1) is 21.8. The molecule has 29 heavy (non-hydrogen) atoms. The minimum Gasteiger partial charge on any atom is -0.493 e. The highest BCUT2D eigenvalue weighted by atomic mass is 19.1. The van der Waals surface area contributed by atoms with Crippen LogP contribution in [0.3, 0.4) is 0 Å². The summed E-state index contributed by atoms with van der Waals surface area (Å²) >= 11 is 0. The minimum atomic E-state index is -0.297. The highest BCUT2D eigenvalue weighted by molar-refractivity contribution is 5.82. The SMILES string of the molecule is CC(=O)NC(C)CC(=O)C1CCC(OCc2ccc(OCC3CC3)cc2F)CC1. The highest BCUT2D eigenvalue weighted by Crippen LogP contribution is 2.31. The molecular formula is C23H32FNO4. The maximum Gasteiger partial charge on any atom is 0.217 e. The molecule has 2 fully saturated rings. The van der Waals surface area contributed by atoms with Gasteiger partial charge in [-0.05, 0) is 57.4 Å². The Morgan fingerprint density at radius 1 is 1.17 bits per heavy atom. The van der Waals surface area contributed by atoms with Crippen molar-refractivity contribution < 1.29 is 23.5 Å². The number of benzene rings is 1. The quantitative estimate of drug-likeness (QED) is 0.634. The second-order valence-corrected chi connectivity index (χ2v) is 8.56. The van der Waals surface area contributed by atoms with E-state index in [2.05, 4.69) is 5.32 Å². The lowest BCUT2D eigenvalue weighted by Crippen LogP contribution is -2.35. The molecule has 1 amide bonds. The Kier molecular flexibility index (Phi) is 7.64. The van der Waals surface area contributed by atoms with Gasteiger partial charge < -0.3 is 14.8 Å². The summed E-state index contributed by atoms with van der Waals surface area (Å²) in [6.07, 6.45) is 6.00. The van der Waals surface area contributed by atoms with E-state index < -0.39 is 0 Å². The minimum absolute atomic E-state index is 0.0330. The lowest BCUT2D eigenvalue weighted by Gasteiger charge is -2.28. The fourth-order valence-corrected chi connectivity index (χ4v) is 3.86. The third kappa shape index (κ3) is 7.11. The molecule has 0 saturated heterocycles. The van der Waals surface area contributed by atoms with Gasteiger partial charge in [0, 0.05) is 36.9 Å². The molecule has 0 heterocycles. The Morgan fingerprint density at radius 3 is 2.52 bits per heavy atom. The smallest absolute Gasteiger partial charge is 0.217 e. The van der Waals surface area contributed by atoms with E-state index in [4.69, 9.17) is 9.47 Å². The molecule has 1 aromatic rings. The van der Waals surface area contributed by atoms with Crippen LogP contribution in [-0.2, 0) is 20.9 Å². The van der Waals surface area contributed by atoms with Crippen LogP contribution in [0.1, 0.15) is 64.4 Å². The zero-order chi connectivity index (χ0) is 20.8. The van der Waals surface area contributed by atoms with Gasteiger partial charge in [0.25, 0.3) is 0 Å². The molecule has 2 saturated carbocycles. The van der Waals surface area contributed by atoms with E-state index in [0.717, 1.165) is 25.7 Å². The number of nitrogens with one attached hydrogen (secondary N) is 1. The molecule has 0 bridgehead atoms. The summed E-state index contributed by atoms with van der Waals surface area (Å²) in [5, 5.41) is 2.76. The summed E-state index contributed by atoms with van der Waals surface area (Å²) in [6.45, 7) is 4.21. The fraction of sp³-hybridized carbons (Fsp3) is 0.652. The molecule has 1 atom stereocenters. The Labute approximate surface area is 172 Å². The van der Waals surface area contributed by atoms with Gasteiger partial charge in [0.2, 0.25) is 5.91 Å². The fourth-order valence-electron chi connectivity index (χ4n) is 3.86. The average molecular weight is 406 g/mol. The van der Waals surface area contributed by atoms with Gasteiger partial charge in [-0.25, -0.2) is 4.39 Å². The van der Waals surface area contributed by atoms with Crippen LogP contribution in [-0.4, -0.2) is 30.4 Å². The molecule has 160 valence electrons. The molecule has 0 aliphatic heterocycles. The van der Waals surface area contributed by atoms with Crippen molar-refractivity contribution in [2.45, 2.75) is 77.5 Å². The first-order valence-corrected chi connectivity index (χ1v) is 10.7. The standard InChI is InChI=1S/C23H32FNO4/c1-15(25-16(2)26)11-23(27)18-5-8-20(9-6-18)29-14-19-7-10-21(12-22(19)24)28-13-17-3-4-17/h7,10,12,15,17-18,20H,3-6,8-9,11,13-14H2,1-2H3,(H,25,26).